The van der Waals surface area contributed by atoms with Crippen molar-refractivity contribution >= 4 is 43.7 Å². The van der Waals surface area contributed by atoms with Gasteiger partial charge in [0.1, 0.15) is 16.9 Å². The van der Waals surface area contributed by atoms with Gasteiger partial charge in [-0.3, -0.25) is 0 Å². The minimum Gasteiger partial charge on any atom is -0.497 e. The molecule has 40 heavy (non-hydrogen) atoms. The molecular weight excluding hydrogens is 490 g/mol. The molecule has 0 saturated heterocycles. The van der Waals surface area contributed by atoms with Crippen LogP contribution in [0.25, 0.3) is 49.4 Å². The van der Waals surface area contributed by atoms with Crippen molar-refractivity contribution < 1.29 is 9.15 Å². The van der Waals surface area contributed by atoms with Gasteiger partial charge in [0.2, 0.25) is 0 Å². The summed E-state index contributed by atoms with van der Waals surface area (Å²) >= 11 is 0. The van der Waals surface area contributed by atoms with Gasteiger partial charge in [-0.25, -0.2) is 0 Å². The first-order valence-corrected chi connectivity index (χ1v) is 14.4. The molecule has 1 fully saturated rings. The van der Waals surface area contributed by atoms with Crippen LogP contribution in [-0.2, 0) is 5.41 Å². The fourth-order valence-electron chi connectivity index (χ4n) is 7.30. The van der Waals surface area contributed by atoms with E-state index in [4.69, 9.17) is 9.15 Å². The Morgan fingerprint density at radius 1 is 0.625 bits per heavy atom. The highest BCUT2D eigenvalue weighted by Gasteiger charge is 2.38. The molecule has 0 bridgehead atoms. The average molecular weight is 522 g/mol. The van der Waals surface area contributed by atoms with Crippen molar-refractivity contribution in [1.82, 2.24) is 4.57 Å². The summed E-state index contributed by atoms with van der Waals surface area (Å²) in [5, 5.41) is 4.86. The Hall–Kier alpha value is -4.50. The second-order valence-electron chi connectivity index (χ2n) is 11.2. The van der Waals surface area contributed by atoms with E-state index >= 15 is 0 Å². The number of methoxy groups -OCH3 is 1. The predicted molar refractivity (Wildman–Crippen MR) is 165 cm³/mol. The molecule has 0 N–H and O–H groups in total. The van der Waals surface area contributed by atoms with Gasteiger partial charge in [-0.15, -0.1) is 0 Å². The lowest BCUT2D eigenvalue weighted by Crippen LogP contribution is -2.31. The third kappa shape index (κ3) is 3.37. The lowest BCUT2D eigenvalue weighted by atomic mass is 9.64. The Bertz CT molecular complexity index is 2040. The number of fused-ring (bicyclic) bond motifs is 6. The van der Waals surface area contributed by atoms with Crippen LogP contribution in [0.4, 0.5) is 0 Å². The van der Waals surface area contributed by atoms with Crippen molar-refractivity contribution in [3.63, 3.8) is 0 Å². The number of nitrogens with zero attached hydrogens (tertiary/aromatic N) is 1. The molecule has 3 nitrogen and oxygen atoms in total. The standard InChI is InChI=1S/C37H31NO2/c1-39-26-18-19-33-29(24-26)27-11-3-6-14-32(27)38(33)34-15-7-5-13-31(34)37(21-9-2-10-22-37)25-17-20-36-30(23-25)28-12-4-8-16-35(28)40-36/h3-8,11-20,23-24H,2,9-10,21-22H2,1H3. The van der Waals surface area contributed by atoms with Gasteiger partial charge >= 0.3 is 0 Å². The van der Waals surface area contributed by atoms with Crippen molar-refractivity contribution in [3.8, 4) is 11.4 Å². The van der Waals surface area contributed by atoms with Crippen molar-refractivity contribution in [1.29, 1.82) is 0 Å². The Kier molecular flexibility index (Phi) is 5.28. The number of furan rings is 1. The van der Waals surface area contributed by atoms with Gasteiger partial charge < -0.3 is 13.7 Å². The van der Waals surface area contributed by atoms with Gasteiger partial charge in [-0.1, -0.05) is 79.9 Å². The van der Waals surface area contributed by atoms with E-state index in [9.17, 15) is 0 Å². The van der Waals surface area contributed by atoms with Crippen LogP contribution in [0.3, 0.4) is 0 Å². The first-order chi connectivity index (χ1) is 19.8. The minimum atomic E-state index is -0.0778. The molecule has 0 radical (unpaired) electrons. The summed E-state index contributed by atoms with van der Waals surface area (Å²) in [5.41, 5.74) is 8.32. The van der Waals surface area contributed by atoms with Crippen LogP contribution in [0.15, 0.2) is 114 Å². The molecule has 196 valence electrons. The summed E-state index contributed by atoms with van der Waals surface area (Å²) in [5.74, 6) is 0.882. The number of ether oxygens (including phenoxy) is 1. The smallest absolute Gasteiger partial charge is 0.135 e. The normalized spacial score (nSPS) is 15.3. The van der Waals surface area contributed by atoms with Gasteiger partial charge in [-0.2, -0.15) is 0 Å². The molecule has 0 atom stereocenters. The molecule has 3 heteroatoms. The fraction of sp³-hybridized carbons (Fsp3) is 0.189. The number of aromatic nitrogens is 1. The van der Waals surface area contributed by atoms with Gasteiger partial charge in [-0.05, 0) is 72.5 Å². The topological polar surface area (TPSA) is 27.3 Å². The van der Waals surface area contributed by atoms with E-state index in [0.29, 0.717) is 0 Å². The summed E-state index contributed by atoms with van der Waals surface area (Å²) in [6.45, 7) is 0. The highest BCUT2D eigenvalue weighted by molar-refractivity contribution is 6.10. The van der Waals surface area contributed by atoms with Crippen LogP contribution in [-0.4, -0.2) is 11.7 Å². The SMILES string of the molecule is COc1ccc2c(c1)c1ccccc1n2-c1ccccc1C1(c2ccc3oc4ccccc4c3c2)CCCCC1. The molecule has 0 spiro atoms. The third-order valence-electron chi connectivity index (χ3n) is 9.18. The maximum absolute atomic E-state index is 6.22. The first-order valence-electron chi connectivity index (χ1n) is 14.4. The van der Waals surface area contributed by atoms with Crippen LogP contribution in [0, 0.1) is 0 Å². The molecule has 0 unspecified atom stereocenters. The molecule has 2 heterocycles. The molecular formula is C37H31NO2. The maximum atomic E-state index is 6.22. The van der Waals surface area contributed by atoms with Crippen molar-refractivity contribution in [2.24, 2.45) is 0 Å². The largest absolute Gasteiger partial charge is 0.497 e. The van der Waals surface area contributed by atoms with Crippen molar-refractivity contribution in [3.05, 3.63) is 120 Å². The number of benzene rings is 5. The zero-order chi connectivity index (χ0) is 26.7. The van der Waals surface area contributed by atoms with Crippen LogP contribution >= 0.6 is 0 Å². The molecule has 7 aromatic rings. The predicted octanol–water partition coefficient (Wildman–Crippen LogP) is 9.94. The average Bonchev–Trinajstić information content (AvgIpc) is 3.56. The Morgan fingerprint density at radius 3 is 2.23 bits per heavy atom. The molecule has 2 aromatic heterocycles. The quantitative estimate of drug-likeness (QED) is 0.230. The van der Waals surface area contributed by atoms with E-state index in [1.807, 2.05) is 6.07 Å². The second kappa shape index (κ2) is 9.02. The molecule has 0 aliphatic heterocycles. The summed E-state index contributed by atoms with van der Waals surface area (Å²) in [6, 6.07) is 39.6. The van der Waals surface area contributed by atoms with Crippen LogP contribution in [0.1, 0.15) is 43.2 Å². The zero-order valence-corrected chi connectivity index (χ0v) is 22.7. The lowest BCUT2D eigenvalue weighted by molar-refractivity contribution is 0.346. The number of hydrogen-bond acceptors (Lipinski definition) is 2. The molecule has 8 rings (SSSR count). The van der Waals surface area contributed by atoms with Crippen LogP contribution in [0.5, 0.6) is 5.75 Å². The highest BCUT2D eigenvalue weighted by Crippen LogP contribution is 2.49. The lowest BCUT2D eigenvalue weighted by Gasteiger charge is -2.40. The van der Waals surface area contributed by atoms with E-state index in [-0.39, 0.29) is 5.41 Å². The van der Waals surface area contributed by atoms with Gasteiger partial charge in [0.15, 0.2) is 0 Å². The number of rotatable bonds is 4. The Balaban J connectivity index is 1.41. The number of para-hydroxylation sites is 3. The molecule has 5 aromatic carbocycles. The fourth-order valence-corrected chi connectivity index (χ4v) is 7.30. The molecule has 0 amide bonds. The van der Waals surface area contributed by atoms with E-state index in [0.717, 1.165) is 29.8 Å². The molecule has 1 aliphatic carbocycles. The van der Waals surface area contributed by atoms with Crippen LogP contribution < -0.4 is 4.74 Å². The van der Waals surface area contributed by atoms with Gasteiger partial charge in [0, 0.05) is 27.0 Å². The van der Waals surface area contributed by atoms with E-state index in [2.05, 4.69) is 108 Å². The zero-order valence-electron chi connectivity index (χ0n) is 22.7. The van der Waals surface area contributed by atoms with Gasteiger partial charge in [0.05, 0.1) is 23.8 Å². The molecule has 1 aliphatic rings. The van der Waals surface area contributed by atoms with Crippen molar-refractivity contribution in [2.45, 2.75) is 37.5 Å². The summed E-state index contributed by atoms with van der Waals surface area (Å²) in [4.78, 5) is 0. The highest BCUT2D eigenvalue weighted by atomic mass is 16.5. The summed E-state index contributed by atoms with van der Waals surface area (Å²) < 4.78 is 14.3. The van der Waals surface area contributed by atoms with Gasteiger partial charge in [0.25, 0.3) is 0 Å². The van der Waals surface area contributed by atoms with Crippen LogP contribution in [0.2, 0.25) is 0 Å². The van der Waals surface area contributed by atoms with E-state index in [1.165, 1.54) is 68.7 Å². The monoisotopic (exact) mass is 521 g/mol. The molecule has 1 saturated carbocycles. The summed E-state index contributed by atoms with van der Waals surface area (Å²) in [6.07, 6.45) is 6.01. The maximum Gasteiger partial charge on any atom is 0.135 e. The summed E-state index contributed by atoms with van der Waals surface area (Å²) in [7, 11) is 1.74. The Morgan fingerprint density at radius 2 is 1.35 bits per heavy atom. The first kappa shape index (κ1) is 23.4. The third-order valence-corrected chi connectivity index (χ3v) is 9.18. The van der Waals surface area contributed by atoms with E-state index < -0.39 is 0 Å². The van der Waals surface area contributed by atoms with E-state index in [1.54, 1.807) is 7.11 Å². The minimum absolute atomic E-state index is 0.0778. The second-order valence-corrected chi connectivity index (χ2v) is 11.2. The van der Waals surface area contributed by atoms with Crippen molar-refractivity contribution in [2.75, 3.05) is 7.11 Å². The Labute approximate surface area is 233 Å². The number of hydrogen-bond donors (Lipinski definition) is 0.